The van der Waals surface area contributed by atoms with Crippen LogP contribution < -0.4 is 16.8 Å². The second-order valence-corrected chi connectivity index (χ2v) is 5.44. The quantitative estimate of drug-likeness (QED) is 0.762. The molecule has 2 rings (SSSR count). The number of carbonyl (C=O) groups is 2. The van der Waals surface area contributed by atoms with Crippen molar-refractivity contribution in [3.63, 3.8) is 0 Å². The smallest absolute Gasteiger partial charge is 0.249 e. The van der Waals surface area contributed by atoms with E-state index < -0.39 is 11.3 Å². The summed E-state index contributed by atoms with van der Waals surface area (Å²) in [6, 6.07) is 5.11. The molecule has 0 atom stereocenters. The molecule has 1 aliphatic heterocycles. The number of benzene rings is 1. The molecule has 6 nitrogen and oxygen atoms in total. The van der Waals surface area contributed by atoms with Crippen molar-refractivity contribution in [1.82, 2.24) is 0 Å². The molecule has 0 saturated carbocycles. The fourth-order valence-electron chi connectivity index (χ4n) is 2.51. The Kier molecular flexibility index (Phi) is 4.59. The van der Waals surface area contributed by atoms with Crippen LogP contribution in [-0.4, -0.2) is 31.6 Å². The first-order valence-electron chi connectivity index (χ1n) is 6.98. The van der Waals surface area contributed by atoms with E-state index in [0.717, 1.165) is 5.56 Å². The molecule has 0 aromatic heterocycles. The van der Waals surface area contributed by atoms with Crippen molar-refractivity contribution in [2.24, 2.45) is 16.9 Å². The highest BCUT2D eigenvalue weighted by atomic mass is 16.5. The number of aryl methyl sites for hydroxylation is 1. The molecule has 1 saturated heterocycles. The normalized spacial score (nSPS) is 17.2. The van der Waals surface area contributed by atoms with E-state index in [0.29, 0.717) is 37.3 Å². The van der Waals surface area contributed by atoms with Crippen molar-refractivity contribution >= 4 is 17.5 Å². The van der Waals surface area contributed by atoms with E-state index in [4.69, 9.17) is 16.2 Å². The molecule has 114 valence electrons. The van der Waals surface area contributed by atoms with Gasteiger partial charge in [-0.1, -0.05) is 6.07 Å². The molecular weight excluding hydrogens is 270 g/mol. The van der Waals surface area contributed by atoms with Crippen LogP contribution >= 0.6 is 0 Å². The summed E-state index contributed by atoms with van der Waals surface area (Å²) in [5.74, 6) is -0.643. The van der Waals surface area contributed by atoms with Crippen molar-refractivity contribution < 1.29 is 14.3 Å². The van der Waals surface area contributed by atoms with E-state index in [1.165, 1.54) is 0 Å². The second-order valence-electron chi connectivity index (χ2n) is 5.44. The summed E-state index contributed by atoms with van der Waals surface area (Å²) in [5, 5.41) is 2.84. The number of amides is 2. The lowest BCUT2D eigenvalue weighted by molar-refractivity contribution is -0.130. The highest BCUT2D eigenvalue weighted by molar-refractivity contribution is 5.99. The van der Waals surface area contributed by atoms with Gasteiger partial charge in [0.25, 0.3) is 0 Å². The summed E-state index contributed by atoms with van der Waals surface area (Å²) in [4.78, 5) is 23.9. The van der Waals surface area contributed by atoms with Crippen molar-refractivity contribution in [3.8, 4) is 0 Å². The lowest BCUT2D eigenvalue weighted by atomic mass is 9.79. The summed E-state index contributed by atoms with van der Waals surface area (Å²) in [6.45, 7) is 3.14. The van der Waals surface area contributed by atoms with Crippen LogP contribution in [0.2, 0.25) is 0 Å². The zero-order valence-corrected chi connectivity index (χ0v) is 12.1. The van der Waals surface area contributed by atoms with Gasteiger partial charge in [0.15, 0.2) is 0 Å². The Balaban J connectivity index is 2.19. The molecule has 21 heavy (non-hydrogen) atoms. The zero-order valence-electron chi connectivity index (χ0n) is 12.1. The molecule has 0 bridgehead atoms. The molecule has 0 spiro atoms. The topological polar surface area (TPSA) is 107 Å². The summed E-state index contributed by atoms with van der Waals surface area (Å²) < 4.78 is 5.30. The number of carbonyl (C=O) groups excluding carboxylic acids is 2. The summed E-state index contributed by atoms with van der Waals surface area (Å²) in [7, 11) is 0. The molecule has 0 aliphatic carbocycles. The van der Waals surface area contributed by atoms with E-state index >= 15 is 0 Å². The maximum Gasteiger partial charge on any atom is 0.249 e. The highest BCUT2D eigenvalue weighted by Crippen LogP contribution is 2.31. The number of rotatable bonds is 4. The van der Waals surface area contributed by atoms with Gasteiger partial charge in [-0.15, -0.1) is 0 Å². The fourth-order valence-corrected chi connectivity index (χ4v) is 2.51. The minimum atomic E-state index is -0.601. The number of hydrogen-bond donors (Lipinski definition) is 3. The summed E-state index contributed by atoms with van der Waals surface area (Å²) in [5.41, 5.74) is 12.3. The van der Waals surface area contributed by atoms with Gasteiger partial charge in [-0.25, -0.2) is 0 Å². The molecule has 1 fully saturated rings. The van der Waals surface area contributed by atoms with Crippen molar-refractivity contribution in [3.05, 3.63) is 29.3 Å². The van der Waals surface area contributed by atoms with Gasteiger partial charge in [-0.2, -0.15) is 0 Å². The van der Waals surface area contributed by atoms with Gasteiger partial charge >= 0.3 is 0 Å². The SMILES string of the molecule is Cc1ccc(NC(=O)C2(CN)CCOCC2)cc1C(N)=O. The van der Waals surface area contributed by atoms with Crippen LogP contribution in [-0.2, 0) is 9.53 Å². The minimum Gasteiger partial charge on any atom is -0.381 e. The number of nitrogens with two attached hydrogens (primary N) is 2. The Bertz CT molecular complexity index is 551. The number of primary amides is 1. The van der Waals surface area contributed by atoms with Crippen LogP contribution in [0.4, 0.5) is 5.69 Å². The second kappa shape index (κ2) is 6.24. The van der Waals surface area contributed by atoms with E-state index in [2.05, 4.69) is 5.32 Å². The number of nitrogens with one attached hydrogen (secondary N) is 1. The number of hydrogen-bond acceptors (Lipinski definition) is 4. The third kappa shape index (κ3) is 3.22. The Labute approximate surface area is 123 Å². The third-order valence-corrected chi connectivity index (χ3v) is 4.08. The molecule has 0 radical (unpaired) electrons. The summed E-state index contributed by atoms with van der Waals surface area (Å²) in [6.07, 6.45) is 1.20. The molecule has 1 aromatic rings. The maximum absolute atomic E-state index is 12.5. The minimum absolute atomic E-state index is 0.132. The monoisotopic (exact) mass is 291 g/mol. The first kappa shape index (κ1) is 15.5. The molecule has 1 aliphatic rings. The average Bonchev–Trinajstić information content (AvgIpc) is 2.49. The van der Waals surface area contributed by atoms with Crippen LogP contribution in [0.3, 0.4) is 0 Å². The maximum atomic E-state index is 12.5. The van der Waals surface area contributed by atoms with Crippen molar-refractivity contribution in [2.45, 2.75) is 19.8 Å². The molecule has 1 aromatic carbocycles. The zero-order chi connectivity index (χ0) is 15.5. The molecular formula is C15H21N3O3. The van der Waals surface area contributed by atoms with Crippen LogP contribution in [0.5, 0.6) is 0 Å². The molecule has 1 heterocycles. The average molecular weight is 291 g/mol. The van der Waals surface area contributed by atoms with Gasteiger partial charge in [-0.3, -0.25) is 9.59 Å². The third-order valence-electron chi connectivity index (χ3n) is 4.08. The van der Waals surface area contributed by atoms with Gasteiger partial charge in [0.2, 0.25) is 11.8 Å². The molecule has 2 amide bonds. The fraction of sp³-hybridized carbons (Fsp3) is 0.467. The van der Waals surface area contributed by atoms with Crippen LogP contribution in [0, 0.1) is 12.3 Å². The first-order valence-corrected chi connectivity index (χ1v) is 6.98. The van der Waals surface area contributed by atoms with E-state index in [1.807, 2.05) is 0 Å². The predicted octanol–water partition coefficient (Wildman–Crippen LogP) is 0.788. The van der Waals surface area contributed by atoms with Crippen molar-refractivity contribution in [1.29, 1.82) is 0 Å². The van der Waals surface area contributed by atoms with Gasteiger partial charge in [0.05, 0.1) is 5.41 Å². The predicted molar refractivity (Wildman–Crippen MR) is 79.9 cm³/mol. The van der Waals surface area contributed by atoms with Crippen LogP contribution in [0.25, 0.3) is 0 Å². The Morgan fingerprint density at radius 1 is 1.33 bits per heavy atom. The van der Waals surface area contributed by atoms with E-state index in [9.17, 15) is 9.59 Å². The summed E-state index contributed by atoms with van der Waals surface area (Å²) >= 11 is 0. The van der Waals surface area contributed by atoms with E-state index in [1.54, 1.807) is 25.1 Å². The molecule has 6 heteroatoms. The highest BCUT2D eigenvalue weighted by Gasteiger charge is 2.38. The number of anilines is 1. The Hall–Kier alpha value is -1.92. The lowest BCUT2D eigenvalue weighted by Gasteiger charge is -2.34. The molecule has 0 unspecified atom stereocenters. The molecule has 5 N–H and O–H groups in total. The largest absolute Gasteiger partial charge is 0.381 e. The standard InChI is InChI=1S/C15H21N3O3/c1-10-2-3-11(8-12(10)13(17)19)18-14(20)15(9-16)4-6-21-7-5-15/h2-3,8H,4-7,9,16H2,1H3,(H2,17,19)(H,18,20). The van der Waals surface area contributed by atoms with Crippen molar-refractivity contribution in [2.75, 3.05) is 25.1 Å². The van der Waals surface area contributed by atoms with Gasteiger partial charge in [-0.05, 0) is 37.5 Å². The van der Waals surface area contributed by atoms with Crippen LogP contribution in [0.1, 0.15) is 28.8 Å². The van der Waals surface area contributed by atoms with Crippen LogP contribution in [0.15, 0.2) is 18.2 Å². The van der Waals surface area contributed by atoms with Gasteiger partial charge in [0.1, 0.15) is 0 Å². The van der Waals surface area contributed by atoms with Gasteiger partial charge < -0.3 is 21.5 Å². The van der Waals surface area contributed by atoms with E-state index in [-0.39, 0.29) is 12.5 Å². The lowest BCUT2D eigenvalue weighted by Crippen LogP contribution is -2.46. The first-order chi connectivity index (χ1) is 9.98. The van der Waals surface area contributed by atoms with Gasteiger partial charge in [0, 0.05) is 31.0 Å². The number of ether oxygens (including phenoxy) is 1. The Morgan fingerprint density at radius 2 is 2.00 bits per heavy atom. The Morgan fingerprint density at radius 3 is 2.57 bits per heavy atom.